The maximum absolute atomic E-state index is 11.8. The SMILES string of the molecule is CCCC1CCCN(C(=O)CC(N)=S)CC1. The Bertz CT molecular complexity index is 255. The normalized spacial score (nSPS) is 21.6. The summed E-state index contributed by atoms with van der Waals surface area (Å²) in [7, 11) is 0. The lowest BCUT2D eigenvalue weighted by Crippen LogP contribution is -2.34. The van der Waals surface area contributed by atoms with E-state index < -0.39 is 0 Å². The molecule has 1 heterocycles. The van der Waals surface area contributed by atoms with Gasteiger partial charge in [-0.1, -0.05) is 32.0 Å². The molecule has 16 heavy (non-hydrogen) atoms. The Morgan fingerprint density at radius 1 is 1.44 bits per heavy atom. The molecule has 0 aromatic heterocycles. The van der Waals surface area contributed by atoms with Gasteiger partial charge in [0.2, 0.25) is 5.91 Å². The number of rotatable bonds is 4. The smallest absolute Gasteiger partial charge is 0.229 e. The van der Waals surface area contributed by atoms with Gasteiger partial charge in [0, 0.05) is 13.1 Å². The van der Waals surface area contributed by atoms with E-state index in [0.717, 1.165) is 31.8 Å². The molecule has 1 fully saturated rings. The maximum Gasteiger partial charge on any atom is 0.229 e. The van der Waals surface area contributed by atoms with Crippen LogP contribution in [0, 0.1) is 5.92 Å². The number of likely N-dealkylation sites (tertiary alicyclic amines) is 1. The molecule has 0 bridgehead atoms. The Morgan fingerprint density at radius 3 is 2.81 bits per heavy atom. The largest absolute Gasteiger partial charge is 0.393 e. The maximum atomic E-state index is 11.8. The summed E-state index contributed by atoms with van der Waals surface area (Å²) in [5.74, 6) is 0.900. The van der Waals surface area contributed by atoms with Crippen LogP contribution in [-0.4, -0.2) is 28.9 Å². The molecule has 1 aliphatic rings. The van der Waals surface area contributed by atoms with Gasteiger partial charge in [0.1, 0.15) is 0 Å². The fourth-order valence-electron chi connectivity index (χ4n) is 2.37. The predicted molar refractivity (Wildman–Crippen MR) is 70.2 cm³/mol. The number of hydrogen-bond donors (Lipinski definition) is 1. The molecule has 1 amide bonds. The molecular weight excluding hydrogens is 220 g/mol. The van der Waals surface area contributed by atoms with Crippen molar-refractivity contribution in [1.82, 2.24) is 4.90 Å². The summed E-state index contributed by atoms with van der Waals surface area (Å²) in [6.45, 7) is 3.98. The second-order valence-electron chi connectivity index (χ2n) is 4.61. The minimum absolute atomic E-state index is 0.102. The van der Waals surface area contributed by atoms with Crippen LogP contribution in [-0.2, 0) is 4.79 Å². The van der Waals surface area contributed by atoms with Crippen LogP contribution in [0.15, 0.2) is 0 Å². The zero-order chi connectivity index (χ0) is 12.0. The molecule has 1 aliphatic heterocycles. The lowest BCUT2D eigenvalue weighted by Gasteiger charge is -2.20. The highest BCUT2D eigenvalue weighted by molar-refractivity contribution is 7.80. The van der Waals surface area contributed by atoms with E-state index in [2.05, 4.69) is 6.92 Å². The zero-order valence-corrected chi connectivity index (χ0v) is 10.9. The van der Waals surface area contributed by atoms with Crippen molar-refractivity contribution in [3.8, 4) is 0 Å². The van der Waals surface area contributed by atoms with Gasteiger partial charge in [-0.05, 0) is 25.2 Å². The Labute approximate surface area is 103 Å². The average Bonchev–Trinajstić information content (AvgIpc) is 2.43. The van der Waals surface area contributed by atoms with Crippen molar-refractivity contribution in [1.29, 1.82) is 0 Å². The summed E-state index contributed by atoms with van der Waals surface area (Å²) in [6, 6.07) is 0. The molecule has 0 saturated carbocycles. The van der Waals surface area contributed by atoms with E-state index in [0.29, 0.717) is 4.99 Å². The van der Waals surface area contributed by atoms with Crippen LogP contribution in [0.3, 0.4) is 0 Å². The lowest BCUT2D eigenvalue weighted by molar-refractivity contribution is -0.129. The second kappa shape index (κ2) is 6.84. The van der Waals surface area contributed by atoms with Gasteiger partial charge in [0.15, 0.2) is 0 Å². The summed E-state index contributed by atoms with van der Waals surface area (Å²) in [4.78, 5) is 14.0. The molecule has 4 heteroatoms. The number of carbonyl (C=O) groups excluding carboxylic acids is 1. The van der Waals surface area contributed by atoms with Gasteiger partial charge in [-0.2, -0.15) is 0 Å². The third-order valence-electron chi connectivity index (χ3n) is 3.22. The minimum Gasteiger partial charge on any atom is -0.393 e. The first kappa shape index (κ1) is 13.4. The fraction of sp³-hybridized carbons (Fsp3) is 0.833. The molecule has 1 unspecified atom stereocenters. The van der Waals surface area contributed by atoms with Crippen molar-refractivity contribution >= 4 is 23.1 Å². The van der Waals surface area contributed by atoms with E-state index in [4.69, 9.17) is 18.0 Å². The van der Waals surface area contributed by atoms with Gasteiger partial charge in [-0.25, -0.2) is 0 Å². The Hall–Kier alpha value is -0.640. The number of carbonyl (C=O) groups is 1. The second-order valence-corrected chi connectivity index (χ2v) is 5.13. The molecule has 0 radical (unpaired) electrons. The predicted octanol–water partition coefficient (Wildman–Crippen LogP) is 2.09. The monoisotopic (exact) mass is 242 g/mol. The molecule has 2 N–H and O–H groups in total. The summed E-state index contributed by atoms with van der Waals surface area (Å²) >= 11 is 4.77. The standard InChI is InChI=1S/C12H22N2OS/c1-2-4-10-5-3-7-14(8-6-10)12(15)9-11(13)16/h10H,2-9H2,1H3,(H2,13,16). The number of nitrogens with two attached hydrogens (primary N) is 1. The van der Waals surface area contributed by atoms with Crippen LogP contribution < -0.4 is 5.73 Å². The van der Waals surface area contributed by atoms with E-state index in [1.54, 1.807) is 0 Å². The molecule has 0 aromatic carbocycles. The highest BCUT2D eigenvalue weighted by atomic mass is 32.1. The van der Waals surface area contributed by atoms with Crippen LogP contribution in [0.25, 0.3) is 0 Å². The fourth-order valence-corrected chi connectivity index (χ4v) is 2.50. The highest BCUT2D eigenvalue weighted by Gasteiger charge is 2.20. The zero-order valence-electron chi connectivity index (χ0n) is 10.1. The van der Waals surface area contributed by atoms with Crippen molar-refractivity contribution in [2.24, 2.45) is 11.7 Å². The quantitative estimate of drug-likeness (QED) is 0.768. The van der Waals surface area contributed by atoms with E-state index in [-0.39, 0.29) is 12.3 Å². The first-order valence-corrected chi connectivity index (χ1v) is 6.60. The molecular formula is C12H22N2OS. The van der Waals surface area contributed by atoms with Crippen LogP contribution in [0.5, 0.6) is 0 Å². The van der Waals surface area contributed by atoms with E-state index >= 15 is 0 Å². The summed E-state index contributed by atoms with van der Waals surface area (Å²) in [5.41, 5.74) is 5.40. The molecule has 0 aliphatic carbocycles. The third-order valence-corrected chi connectivity index (χ3v) is 3.37. The van der Waals surface area contributed by atoms with Crippen LogP contribution >= 0.6 is 12.2 Å². The highest BCUT2D eigenvalue weighted by Crippen LogP contribution is 2.22. The number of amides is 1. The molecule has 0 aromatic rings. The summed E-state index contributed by atoms with van der Waals surface area (Å²) < 4.78 is 0. The molecule has 0 spiro atoms. The van der Waals surface area contributed by atoms with Crippen LogP contribution in [0.1, 0.15) is 45.4 Å². The summed E-state index contributed by atoms with van der Waals surface area (Å²) in [6.07, 6.45) is 6.27. The third kappa shape index (κ3) is 4.47. The van der Waals surface area contributed by atoms with Crippen molar-refractivity contribution in [2.45, 2.75) is 45.4 Å². The summed E-state index contributed by atoms with van der Waals surface area (Å²) in [5, 5.41) is 0. The average molecular weight is 242 g/mol. The molecule has 1 atom stereocenters. The molecule has 1 saturated heterocycles. The van der Waals surface area contributed by atoms with Gasteiger partial charge in [0.05, 0.1) is 11.4 Å². The topological polar surface area (TPSA) is 46.3 Å². The van der Waals surface area contributed by atoms with E-state index in [1.165, 1.54) is 19.3 Å². The molecule has 1 rings (SSSR count). The first-order valence-electron chi connectivity index (χ1n) is 6.19. The first-order chi connectivity index (χ1) is 7.63. The van der Waals surface area contributed by atoms with E-state index in [9.17, 15) is 4.79 Å². The Morgan fingerprint density at radius 2 is 2.19 bits per heavy atom. The molecule has 3 nitrogen and oxygen atoms in total. The Balaban J connectivity index is 2.40. The lowest BCUT2D eigenvalue weighted by atomic mass is 9.96. The van der Waals surface area contributed by atoms with Gasteiger partial charge < -0.3 is 10.6 Å². The van der Waals surface area contributed by atoms with Crippen molar-refractivity contribution in [3.05, 3.63) is 0 Å². The van der Waals surface area contributed by atoms with Gasteiger partial charge >= 0.3 is 0 Å². The van der Waals surface area contributed by atoms with Gasteiger partial charge in [0.25, 0.3) is 0 Å². The number of nitrogens with zero attached hydrogens (tertiary/aromatic N) is 1. The van der Waals surface area contributed by atoms with Crippen LogP contribution in [0.2, 0.25) is 0 Å². The van der Waals surface area contributed by atoms with Crippen molar-refractivity contribution < 1.29 is 4.79 Å². The number of hydrogen-bond acceptors (Lipinski definition) is 2. The van der Waals surface area contributed by atoms with E-state index in [1.807, 2.05) is 4.90 Å². The minimum atomic E-state index is 0.102. The van der Waals surface area contributed by atoms with Crippen molar-refractivity contribution in [3.63, 3.8) is 0 Å². The van der Waals surface area contributed by atoms with Gasteiger partial charge in [-0.3, -0.25) is 4.79 Å². The number of thiocarbonyl (C=S) groups is 1. The molecule has 92 valence electrons. The Kier molecular flexibility index (Phi) is 5.74. The van der Waals surface area contributed by atoms with Crippen molar-refractivity contribution in [2.75, 3.05) is 13.1 Å². The van der Waals surface area contributed by atoms with Gasteiger partial charge in [-0.15, -0.1) is 0 Å². The van der Waals surface area contributed by atoms with Crippen LogP contribution in [0.4, 0.5) is 0 Å².